The average Bonchev–Trinajstić information content (AvgIpc) is 3.24. The van der Waals surface area contributed by atoms with E-state index in [0.717, 1.165) is 30.1 Å². The summed E-state index contributed by atoms with van der Waals surface area (Å²) >= 11 is 1.62. The summed E-state index contributed by atoms with van der Waals surface area (Å²) in [5, 5.41) is 2.87. The molecule has 29 heavy (non-hydrogen) atoms. The van der Waals surface area contributed by atoms with Crippen LogP contribution in [0.3, 0.4) is 0 Å². The lowest BCUT2D eigenvalue weighted by Gasteiger charge is -2.16. The second-order valence-corrected chi connectivity index (χ2v) is 10.2. The van der Waals surface area contributed by atoms with Gasteiger partial charge in [-0.15, -0.1) is 11.8 Å². The van der Waals surface area contributed by atoms with Gasteiger partial charge < -0.3 is 10.1 Å². The highest BCUT2D eigenvalue weighted by Gasteiger charge is 2.22. The Morgan fingerprint density at radius 2 is 1.90 bits per heavy atom. The maximum absolute atomic E-state index is 12.8. The fourth-order valence-electron chi connectivity index (χ4n) is 3.11. The molecule has 6 nitrogen and oxygen atoms in total. The van der Waals surface area contributed by atoms with Crippen LogP contribution in [-0.4, -0.2) is 51.2 Å². The standard InChI is InChI=1S/C21H26N2O4S2/c1-23(2)29(25,26)20-12-6-3-8-16(20)14-22-21(24)18-10-4-5-11-19(18)28-15-17-9-7-13-27-17/h3-6,8,10-12,17H,7,9,13-15H2,1-2H3,(H,22,24). The lowest BCUT2D eigenvalue weighted by Crippen LogP contribution is -2.27. The third kappa shape index (κ3) is 5.39. The molecular weight excluding hydrogens is 408 g/mol. The predicted octanol–water partition coefficient (Wildman–Crippen LogP) is 3.14. The number of rotatable bonds is 8. The number of hydrogen-bond donors (Lipinski definition) is 1. The first-order valence-corrected chi connectivity index (χ1v) is 11.9. The van der Waals surface area contributed by atoms with Gasteiger partial charge in [-0.1, -0.05) is 30.3 Å². The van der Waals surface area contributed by atoms with Crippen molar-refractivity contribution in [2.24, 2.45) is 0 Å². The van der Waals surface area contributed by atoms with E-state index >= 15 is 0 Å². The molecule has 1 heterocycles. The molecule has 2 aromatic carbocycles. The molecule has 1 aliphatic rings. The van der Waals surface area contributed by atoms with Crippen LogP contribution in [0.15, 0.2) is 58.3 Å². The maximum Gasteiger partial charge on any atom is 0.252 e. The van der Waals surface area contributed by atoms with E-state index in [0.29, 0.717) is 11.1 Å². The molecule has 156 valence electrons. The molecule has 3 rings (SSSR count). The molecule has 0 bridgehead atoms. The summed E-state index contributed by atoms with van der Waals surface area (Å²) in [4.78, 5) is 13.9. The smallest absolute Gasteiger partial charge is 0.252 e. The number of hydrogen-bond acceptors (Lipinski definition) is 5. The minimum absolute atomic E-state index is 0.132. The molecule has 0 saturated carbocycles. The van der Waals surface area contributed by atoms with Crippen molar-refractivity contribution in [1.82, 2.24) is 9.62 Å². The Bertz CT molecular complexity index is 955. The number of carbonyl (C=O) groups excluding carboxylic acids is 1. The summed E-state index contributed by atoms with van der Waals surface area (Å²) in [6, 6.07) is 14.2. The van der Waals surface area contributed by atoms with E-state index in [4.69, 9.17) is 4.74 Å². The number of nitrogens with zero attached hydrogens (tertiary/aromatic N) is 1. The van der Waals surface area contributed by atoms with Crippen molar-refractivity contribution in [3.05, 3.63) is 59.7 Å². The molecule has 1 amide bonds. The maximum atomic E-state index is 12.8. The van der Waals surface area contributed by atoms with E-state index in [2.05, 4.69) is 5.32 Å². The number of benzene rings is 2. The highest BCUT2D eigenvalue weighted by atomic mass is 32.2. The molecule has 0 aromatic heterocycles. The number of ether oxygens (including phenoxy) is 1. The van der Waals surface area contributed by atoms with Crippen molar-refractivity contribution >= 4 is 27.7 Å². The van der Waals surface area contributed by atoms with E-state index < -0.39 is 10.0 Å². The monoisotopic (exact) mass is 434 g/mol. The fraction of sp³-hybridized carbons (Fsp3) is 0.381. The first-order chi connectivity index (χ1) is 13.9. The second-order valence-electron chi connectivity index (χ2n) is 7.02. The molecule has 0 spiro atoms. The summed E-state index contributed by atoms with van der Waals surface area (Å²) in [6.07, 6.45) is 2.38. The third-order valence-corrected chi connectivity index (χ3v) is 7.87. The lowest BCUT2D eigenvalue weighted by atomic mass is 10.2. The van der Waals surface area contributed by atoms with E-state index in [1.165, 1.54) is 18.4 Å². The van der Waals surface area contributed by atoms with Gasteiger partial charge in [0, 0.05) is 37.9 Å². The number of nitrogens with one attached hydrogen (secondary N) is 1. The van der Waals surface area contributed by atoms with Gasteiger partial charge in [-0.3, -0.25) is 4.79 Å². The van der Waals surface area contributed by atoms with Crippen LogP contribution >= 0.6 is 11.8 Å². The average molecular weight is 435 g/mol. The molecule has 8 heteroatoms. The minimum atomic E-state index is -3.58. The molecule has 1 saturated heterocycles. The fourth-order valence-corrected chi connectivity index (χ4v) is 5.34. The summed E-state index contributed by atoms with van der Waals surface area (Å²) < 4.78 is 31.9. The Balaban J connectivity index is 1.71. The van der Waals surface area contributed by atoms with Gasteiger partial charge in [0.25, 0.3) is 5.91 Å². The predicted molar refractivity (Wildman–Crippen MR) is 115 cm³/mol. The van der Waals surface area contributed by atoms with E-state index in [9.17, 15) is 13.2 Å². The van der Waals surface area contributed by atoms with Gasteiger partial charge in [0.2, 0.25) is 10.0 Å². The Labute approximate surface area is 176 Å². The molecular formula is C21H26N2O4S2. The normalized spacial score (nSPS) is 16.9. The zero-order valence-corrected chi connectivity index (χ0v) is 18.3. The summed E-state index contributed by atoms with van der Waals surface area (Å²) in [5.41, 5.74) is 1.14. The Morgan fingerprint density at radius 1 is 1.17 bits per heavy atom. The molecule has 1 unspecified atom stereocenters. The van der Waals surface area contributed by atoms with E-state index in [-0.39, 0.29) is 23.5 Å². The molecule has 1 aliphatic heterocycles. The zero-order valence-electron chi connectivity index (χ0n) is 16.6. The second kappa shape index (κ2) is 9.75. The molecule has 1 fully saturated rings. The van der Waals surface area contributed by atoms with Gasteiger partial charge in [0.1, 0.15) is 0 Å². The van der Waals surface area contributed by atoms with Crippen molar-refractivity contribution in [3.8, 4) is 0 Å². The minimum Gasteiger partial charge on any atom is -0.377 e. The van der Waals surface area contributed by atoms with Gasteiger partial charge in [-0.25, -0.2) is 12.7 Å². The van der Waals surface area contributed by atoms with Gasteiger partial charge >= 0.3 is 0 Å². The van der Waals surface area contributed by atoms with Crippen LogP contribution in [0.1, 0.15) is 28.8 Å². The van der Waals surface area contributed by atoms with Crippen molar-refractivity contribution in [1.29, 1.82) is 0 Å². The molecule has 2 aromatic rings. The van der Waals surface area contributed by atoms with Crippen LogP contribution in [0, 0.1) is 0 Å². The summed E-state index contributed by atoms with van der Waals surface area (Å²) in [6.45, 7) is 0.940. The molecule has 0 aliphatic carbocycles. The quantitative estimate of drug-likeness (QED) is 0.646. The van der Waals surface area contributed by atoms with Crippen LogP contribution in [0.2, 0.25) is 0 Å². The zero-order chi connectivity index (χ0) is 20.9. The van der Waals surface area contributed by atoms with E-state index in [1.54, 1.807) is 42.1 Å². The number of sulfonamides is 1. The Morgan fingerprint density at radius 3 is 2.62 bits per heavy atom. The highest BCUT2D eigenvalue weighted by molar-refractivity contribution is 7.99. The van der Waals surface area contributed by atoms with Gasteiger partial charge in [0.15, 0.2) is 0 Å². The van der Waals surface area contributed by atoms with Crippen molar-refractivity contribution in [2.75, 3.05) is 26.5 Å². The number of amides is 1. The van der Waals surface area contributed by atoms with Crippen molar-refractivity contribution < 1.29 is 17.9 Å². The Kier molecular flexibility index (Phi) is 7.34. The van der Waals surface area contributed by atoms with Gasteiger partial charge in [-0.05, 0) is 36.6 Å². The molecule has 1 atom stereocenters. The number of carbonyl (C=O) groups is 1. The number of thioether (sulfide) groups is 1. The van der Waals surface area contributed by atoms with Crippen LogP contribution < -0.4 is 5.32 Å². The largest absolute Gasteiger partial charge is 0.377 e. The summed E-state index contributed by atoms with van der Waals surface area (Å²) in [5.74, 6) is 0.589. The molecule has 0 radical (unpaired) electrons. The first-order valence-electron chi connectivity index (χ1n) is 9.51. The first kappa shape index (κ1) is 21.8. The lowest BCUT2D eigenvalue weighted by molar-refractivity contribution is 0.0947. The Hall–Kier alpha value is -1.87. The van der Waals surface area contributed by atoms with Crippen molar-refractivity contribution in [3.63, 3.8) is 0 Å². The SMILES string of the molecule is CN(C)S(=O)(=O)c1ccccc1CNC(=O)c1ccccc1SCC1CCCO1. The third-order valence-electron chi connectivity index (χ3n) is 4.75. The topological polar surface area (TPSA) is 75.7 Å². The summed E-state index contributed by atoms with van der Waals surface area (Å²) in [7, 11) is -0.598. The van der Waals surface area contributed by atoms with Crippen LogP contribution in [0.4, 0.5) is 0 Å². The van der Waals surface area contributed by atoms with Crippen molar-refractivity contribution in [2.45, 2.75) is 35.3 Å². The van der Waals surface area contributed by atoms with Gasteiger partial charge in [0.05, 0.1) is 16.6 Å². The molecule has 1 N–H and O–H groups in total. The van der Waals surface area contributed by atoms with Crippen LogP contribution in [0.5, 0.6) is 0 Å². The van der Waals surface area contributed by atoms with E-state index in [1.807, 2.05) is 18.2 Å². The van der Waals surface area contributed by atoms with Gasteiger partial charge in [-0.2, -0.15) is 0 Å². The highest BCUT2D eigenvalue weighted by Crippen LogP contribution is 2.27. The van der Waals surface area contributed by atoms with Crippen LogP contribution in [-0.2, 0) is 21.3 Å². The van der Waals surface area contributed by atoms with Crippen LogP contribution in [0.25, 0.3) is 0 Å².